The lowest BCUT2D eigenvalue weighted by Gasteiger charge is -2.31. The first kappa shape index (κ1) is 15.8. The number of rotatable bonds is 6. The summed E-state index contributed by atoms with van der Waals surface area (Å²) in [5.41, 5.74) is 2.77. The Morgan fingerprint density at radius 1 is 1.14 bits per heavy atom. The lowest BCUT2D eigenvalue weighted by atomic mass is 9.81. The molecule has 0 radical (unpaired) electrons. The number of hydrogen-bond donors (Lipinski definition) is 1. The maximum atomic E-state index is 4.08. The normalized spacial score (nSPS) is 13.6. The van der Waals surface area contributed by atoms with Gasteiger partial charge >= 0.3 is 0 Å². The van der Waals surface area contributed by atoms with E-state index >= 15 is 0 Å². The molecule has 1 atom stereocenters. The summed E-state index contributed by atoms with van der Waals surface area (Å²) in [6, 6.07) is 9.02. The minimum absolute atomic E-state index is 0.311. The van der Waals surface area contributed by atoms with Gasteiger partial charge in [-0.25, -0.2) is 4.98 Å². The van der Waals surface area contributed by atoms with Gasteiger partial charge in [0.1, 0.15) is 0 Å². The van der Waals surface area contributed by atoms with Crippen LogP contribution in [0.2, 0.25) is 0 Å². The van der Waals surface area contributed by atoms with Crippen LogP contribution in [0.1, 0.15) is 46.2 Å². The Hall–Kier alpha value is -1.61. The lowest BCUT2D eigenvalue weighted by Crippen LogP contribution is -2.34. The average Bonchev–Trinajstić information content (AvgIpc) is 2.99. The summed E-state index contributed by atoms with van der Waals surface area (Å²) in [5.74, 6) is 0.667. The van der Waals surface area contributed by atoms with E-state index in [1.165, 1.54) is 5.56 Å². The van der Waals surface area contributed by atoms with Crippen molar-refractivity contribution < 1.29 is 0 Å². The second-order valence-electron chi connectivity index (χ2n) is 6.81. The lowest BCUT2D eigenvalue weighted by molar-refractivity contribution is 0.230. The fraction of sp³-hybridized carbons (Fsp3) is 0.500. The smallest absolute Gasteiger partial charge is 0.0991 e. The molecule has 0 fully saturated rings. The van der Waals surface area contributed by atoms with Gasteiger partial charge in [0.25, 0.3) is 0 Å². The monoisotopic (exact) mass is 285 g/mol. The van der Waals surface area contributed by atoms with Gasteiger partial charge in [-0.1, -0.05) is 39.8 Å². The third-order valence-electron chi connectivity index (χ3n) is 4.62. The fourth-order valence-corrected chi connectivity index (χ4v) is 2.09. The molecule has 1 aromatic heterocycles. The Morgan fingerprint density at radius 2 is 1.81 bits per heavy atom. The number of aromatic nitrogens is 2. The van der Waals surface area contributed by atoms with Crippen LogP contribution in [-0.4, -0.2) is 16.1 Å². The summed E-state index contributed by atoms with van der Waals surface area (Å²) in [5, 5.41) is 3.66. The minimum atomic E-state index is 0.311. The molecule has 114 valence electrons. The highest BCUT2D eigenvalue weighted by Crippen LogP contribution is 2.26. The van der Waals surface area contributed by atoms with Crippen molar-refractivity contribution in [2.24, 2.45) is 11.3 Å². The van der Waals surface area contributed by atoms with Crippen molar-refractivity contribution in [2.75, 3.05) is 6.54 Å². The molecule has 21 heavy (non-hydrogen) atoms. The highest BCUT2D eigenvalue weighted by molar-refractivity contribution is 5.35. The van der Waals surface area contributed by atoms with E-state index < -0.39 is 0 Å². The van der Waals surface area contributed by atoms with Gasteiger partial charge in [0.05, 0.1) is 6.33 Å². The van der Waals surface area contributed by atoms with E-state index in [0.29, 0.717) is 17.4 Å². The summed E-state index contributed by atoms with van der Waals surface area (Å²) in [4.78, 5) is 4.08. The van der Waals surface area contributed by atoms with Crippen LogP contribution in [0.4, 0.5) is 0 Å². The summed E-state index contributed by atoms with van der Waals surface area (Å²) < 4.78 is 2.02. The van der Waals surface area contributed by atoms with Gasteiger partial charge in [0, 0.05) is 30.7 Å². The zero-order valence-corrected chi connectivity index (χ0v) is 13.8. The van der Waals surface area contributed by atoms with Crippen LogP contribution in [0.25, 0.3) is 5.69 Å². The SMILES string of the molecule is CC(NCC(C)(C)C(C)C)c1ccc(-n2ccnc2)cc1. The highest BCUT2D eigenvalue weighted by atomic mass is 15.0. The van der Waals surface area contributed by atoms with E-state index in [-0.39, 0.29) is 0 Å². The molecule has 0 saturated heterocycles. The number of nitrogens with zero attached hydrogens (tertiary/aromatic N) is 2. The number of imidazole rings is 1. The molecule has 1 unspecified atom stereocenters. The van der Waals surface area contributed by atoms with Crippen molar-refractivity contribution in [1.82, 2.24) is 14.9 Å². The van der Waals surface area contributed by atoms with Crippen LogP contribution in [0.3, 0.4) is 0 Å². The maximum Gasteiger partial charge on any atom is 0.0991 e. The fourth-order valence-electron chi connectivity index (χ4n) is 2.09. The molecule has 1 aromatic carbocycles. The second kappa shape index (κ2) is 6.44. The zero-order valence-electron chi connectivity index (χ0n) is 13.8. The Morgan fingerprint density at radius 3 is 2.33 bits per heavy atom. The summed E-state index contributed by atoms with van der Waals surface area (Å²) >= 11 is 0. The molecule has 0 aliphatic rings. The van der Waals surface area contributed by atoms with E-state index in [2.05, 4.69) is 69.2 Å². The first-order valence-corrected chi connectivity index (χ1v) is 7.72. The van der Waals surface area contributed by atoms with Crippen molar-refractivity contribution in [2.45, 2.75) is 40.7 Å². The summed E-state index contributed by atoms with van der Waals surface area (Å²) in [7, 11) is 0. The molecule has 2 rings (SSSR count). The Kier molecular flexibility index (Phi) is 4.84. The molecular formula is C18H27N3. The Bertz CT molecular complexity index is 538. The van der Waals surface area contributed by atoms with Crippen molar-refractivity contribution in [3.8, 4) is 5.69 Å². The first-order valence-electron chi connectivity index (χ1n) is 7.72. The Labute approximate surface area is 128 Å². The average molecular weight is 285 g/mol. The minimum Gasteiger partial charge on any atom is -0.310 e. The van der Waals surface area contributed by atoms with Crippen LogP contribution in [0.5, 0.6) is 0 Å². The van der Waals surface area contributed by atoms with E-state index in [4.69, 9.17) is 0 Å². The van der Waals surface area contributed by atoms with Gasteiger partial charge in [0.15, 0.2) is 0 Å². The molecule has 1 N–H and O–H groups in total. The van der Waals surface area contributed by atoms with Crippen LogP contribution < -0.4 is 5.32 Å². The third-order valence-corrected chi connectivity index (χ3v) is 4.62. The predicted octanol–water partition coefficient (Wildman–Crippen LogP) is 4.21. The Balaban J connectivity index is 1.99. The van der Waals surface area contributed by atoms with Crippen LogP contribution in [-0.2, 0) is 0 Å². The third kappa shape index (κ3) is 3.94. The van der Waals surface area contributed by atoms with Crippen molar-refractivity contribution >= 4 is 0 Å². The second-order valence-corrected chi connectivity index (χ2v) is 6.81. The van der Waals surface area contributed by atoms with Crippen molar-refractivity contribution in [3.63, 3.8) is 0 Å². The molecule has 3 heteroatoms. The molecule has 3 nitrogen and oxygen atoms in total. The van der Waals surface area contributed by atoms with E-state index in [0.717, 1.165) is 12.2 Å². The van der Waals surface area contributed by atoms with E-state index in [1.807, 2.05) is 17.1 Å². The van der Waals surface area contributed by atoms with Gasteiger partial charge in [0.2, 0.25) is 0 Å². The van der Waals surface area contributed by atoms with Gasteiger partial charge in [-0.3, -0.25) is 0 Å². The number of hydrogen-bond acceptors (Lipinski definition) is 2. The largest absolute Gasteiger partial charge is 0.310 e. The molecular weight excluding hydrogens is 258 g/mol. The highest BCUT2D eigenvalue weighted by Gasteiger charge is 2.22. The summed E-state index contributed by atoms with van der Waals surface area (Å²) in [6.07, 6.45) is 5.58. The maximum absolute atomic E-state index is 4.08. The molecule has 0 aliphatic heterocycles. The topological polar surface area (TPSA) is 29.9 Å². The van der Waals surface area contributed by atoms with Crippen molar-refractivity contribution in [3.05, 3.63) is 48.5 Å². The molecule has 2 aromatic rings. The quantitative estimate of drug-likeness (QED) is 0.862. The summed E-state index contributed by atoms with van der Waals surface area (Å²) in [6.45, 7) is 12.5. The first-order chi connectivity index (χ1) is 9.90. The number of nitrogens with one attached hydrogen (secondary N) is 1. The standard InChI is InChI=1S/C18H27N3/c1-14(2)18(4,5)12-20-15(3)16-6-8-17(9-7-16)21-11-10-19-13-21/h6-11,13-15,20H,12H2,1-5H3. The zero-order chi connectivity index (χ0) is 15.5. The van der Waals surface area contributed by atoms with E-state index in [9.17, 15) is 0 Å². The van der Waals surface area contributed by atoms with Gasteiger partial charge in [-0.05, 0) is 36.0 Å². The van der Waals surface area contributed by atoms with Crippen LogP contribution in [0, 0.1) is 11.3 Å². The van der Waals surface area contributed by atoms with Gasteiger partial charge in [-0.15, -0.1) is 0 Å². The molecule has 0 bridgehead atoms. The number of benzene rings is 1. The van der Waals surface area contributed by atoms with Crippen LogP contribution >= 0.6 is 0 Å². The molecule has 0 spiro atoms. The molecule has 0 amide bonds. The van der Waals surface area contributed by atoms with Crippen molar-refractivity contribution in [1.29, 1.82) is 0 Å². The molecule has 0 saturated carbocycles. The molecule has 0 aliphatic carbocycles. The molecule has 1 heterocycles. The van der Waals surface area contributed by atoms with Crippen LogP contribution in [0.15, 0.2) is 43.0 Å². The van der Waals surface area contributed by atoms with Gasteiger partial charge < -0.3 is 9.88 Å². The van der Waals surface area contributed by atoms with E-state index in [1.54, 1.807) is 6.20 Å². The van der Waals surface area contributed by atoms with Gasteiger partial charge in [-0.2, -0.15) is 0 Å². The predicted molar refractivity (Wildman–Crippen MR) is 88.6 cm³/mol.